The molecule has 3 nitrogen and oxygen atoms in total. The first-order valence-electron chi connectivity index (χ1n) is 7.66. The number of hydrogen-bond acceptors (Lipinski definition) is 2. The number of amides is 1. The van der Waals surface area contributed by atoms with Crippen molar-refractivity contribution in [2.45, 2.75) is 32.2 Å². The highest BCUT2D eigenvalue weighted by atomic mass is 16.2. The molecular formula is C19H24N2O. The van der Waals surface area contributed by atoms with Crippen molar-refractivity contribution < 1.29 is 4.79 Å². The van der Waals surface area contributed by atoms with Gasteiger partial charge in [0, 0.05) is 12.7 Å². The molecule has 0 spiro atoms. The van der Waals surface area contributed by atoms with Crippen LogP contribution in [0.25, 0.3) is 0 Å². The molecule has 1 atom stereocenters. The van der Waals surface area contributed by atoms with Gasteiger partial charge >= 0.3 is 0 Å². The standard InChI is InChI=1S/C19H24N2O/c1-14(2)16-10-7-11-17(13-16)21(3)19(22)18(20)12-15-8-5-4-6-9-15/h4-11,13-14,18H,12,20H2,1-3H3/t18-/m0/s1. The molecule has 0 aliphatic carbocycles. The zero-order valence-electron chi connectivity index (χ0n) is 13.5. The molecule has 2 aromatic rings. The highest BCUT2D eigenvalue weighted by Crippen LogP contribution is 2.21. The Bertz CT molecular complexity index is 622. The largest absolute Gasteiger partial charge is 0.320 e. The Morgan fingerprint density at radius 1 is 1.09 bits per heavy atom. The van der Waals surface area contributed by atoms with Crippen LogP contribution in [0.2, 0.25) is 0 Å². The van der Waals surface area contributed by atoms with Crippen molar-refractivity contribution in [2.24, 2.45) is 5.73 Å². The minimum atomic E-state index is -0.532. The van der Waals surface area contributed by atoms with E-state index in [2.05, 4.69) is 26.0 Å². The molecule has 0 bridgehead atoms. The van der Waals surface area contributed by atoms with Gasteiger partial charge in [-0.3, -0.25) is 4.79 Å². The molecule has 3 heteroatoms. The molecule has 0 unspecified atom stereocenters. The zero-order chi connectivity index (χ0) is 16.1. The summed E-state index contributed by atoms with van der Waals surface area (Å²) in [5.41, 5.74) is 9.28. The lowest BCUT2D eigenvalue weighted by Crippen LogP contribution is -2.43. The van der Waals surface area contributed by atoms with Crippen molar-refractivity contribution in [1.82, 2.24) is 0 Å². The van der Waals surface area contributed by atoms with Gasteiger partial charge in [-0.05, 0) is 35.6 Å². The summed E-state index contributed by atoms with van der Waals surface area (Å²) in [5.74, 6) is 0.367. The van der Waals surface area contributed by atoms with Gasteiger partial charge < -0.3 is 10.6 Å². The molecule has 116 valence electrons. The van der Waals surface area contributed by atoms with E-state index in [4.69, 9.17) is 5.73 Å². The average Bonchev–Trinajstić information content (AvgIpc) is 2.54. The number of nitrogens with zero attached hydrogens (tertiary/aromatic N) is 1. The SMILES string of the molecule is CC(C)c1cccc(N(C)C(=O)[C@@H](N)Cc2ccccc2)c1. The molecular weight excluding hydrogens is 272 g/mol. The maximum atomic E-state index is 12.5. The van der Waals surface area contributed by atoms with E-state index in [9.17, 15) is 4.79 Å². The van der Waals surface area contributed by atoms with Crippen LogP contribution >= 0.6 is 0 Å². The molecule has 0 saturated carbocycles. The lowest BCUT2D eigenvalue weighted by molar-refractivity contribution is -0.119. The summed E-state index contributed by atoms with van der Waals surface area (Å²) in [6.07, 6.45) is 0.549. The van der Waals surface area contributed by atoms with Crippen molar-refractivity contribution in [3.63, 3.8) is 0 Å². The van der Waals surface area contributed by atoms with Crippen LogP contribution in [0.5, 0.6) is 0 Å². The highest BCUT2D eigenvalue weighted by molar-refractivity contribution is 5.96. The molecule has 0 aliphatic heterocycles. The van der Waals surface area contributed by atoms with Crippen LogP contribution in [-0.2, 0) is 11.2 Å². The topological polar surface area (TPSA) is 46.3 Å². The summed E-state index contributed by atoms with van der Waals surface area (Å²) in [6, 6.07) is 17.4. The number of benzene rings is 2. The Hall–Kier alpha value is -2.13. The fourth-order valence-electron chi connectivity index (χ4n) is 2.42. The summed E-state index contributed by atoms with van der Waals surface area (Å²) in [6.45, 7) is 4.28. The summed E-state index contributed by atoms with van der Waals surface area (Å²) in [7, 11) is 1.78. The smallest absolute Gasteiger partial charge is 0.243 e. The van der Waals surface area contributed by atoms with Crippen molar-refractivity contribution >= 4 is 11.6 Å². The predicted octanol–water partition coefficient (Wildman–Crippen LogP) is 3.34. The van der Waals surface area contributed by atoms with Crippen LogP contribution in [0.1, 0.15) is 30.9 Å². The normalized spacial score (nSPS) is 12.2. The fraction of sp³-hybridized carbons (Fsp3) is 0.316. The highest BCUT2D eigenvalue weighted by Gasteiger charge is 2.20. The molecule has 0 radical (unpaired) electrons. The molecule has 1 amide bonds. The Balaban J connectivity index is 2.09. The number of carbonyl (C=O) groups excluding carboxylic acids is 1. The van der Waals surface area contributed by atoms with E-state index >= 15 is 0 Å². The van der Waals surface area contributed by atoms with E-state index in [1.54, 1.807) is 11.9 Å². The van der Waals surface area contributed by atoms with Gasteiger partial charge in [-0.2, -0.15) is 0 Å². The summed E-state index contributed by atoms with van der Waals surface area (Å²) < 4.78 is 0. The van der Waals surface area contributed by atoms with Gasteiger partial charge in [-0.1, -0.05) is 56.3 Å². The third-order valence-electron chi connectivity index (χ3n) is 3.87. The van der Waals surface area contributed by atoms with E-state index in [1.807, 2.05) is 42.5 Å². The van der Waals surface area contributed by atoms with Crippen LogP contribution in [0.4, 0.5) is 5.69 Å². The van der Waals surface area contributed by atoms with E-state index < -0.39 is 6.04 Å². The lowest BCUT2D eigenvalue weighted by atomic mass is 10.0. The van der Waals surface area contributed by atoms with Crippen LogP contribution in [0, 0.1) is 0 Å². The average molecular weight is 296 g/mol. The third kappa shape index (κ3) is 3.95. The number of carbonyl (C=O) groups is 1. The van der Waals surface area contributed by atoms with Crippen molar-refractivity contribution in [2.75, 3.05) is 11.9 Å². The number of rotatable bonds is 5. The van der Waals surface area contributed by atoms with E-state index in [-0.39, 0.29) is 5.91 Å². The third-order valence-corrected chi connectivity index (χ3v) is 3.87. The van der Waals surface area contributed by atoms with Crippen molar-refractivity contribution in [3.8, 4) is 0 Å². The van der Waals surface area contributed by atoms with Gasteiger partial charge in [0.15, 0.2) is 0 Å². The maximum absolute atomic E-state index is 12.5. The van der Waals surface area contributed by atoms with E-state index in [0.717, 1.165) is 11.3 Å². The molecule has 0 saturated heterocycles. The second-order valence-electron chi connectivity index (χ2n) is 5.94. The van der Waals surface area contributed by atoms with Gasteiger partial charge in [-0.15, -0.1) is 0 Å². The minimum absolute atomic E-state index is 0.0650. The molecule has 0 aliphatic rings. The Labute approximate surface area is 132 Å². The van der Waals surface area contributed by atoms with Crippen molar-refractivity contribution in [3.05, 3.63) is 65.7 Å². The first-order valence-corrected chi connectivity index (χ1v) is 7.66. The zero-order valence-corrected chi connectivity index (χ0v) is 13.5. The molecule has 2 N–H and O–H groups in total. The first kappa shape index (κ1) is 16.2. The number of hydrogen-bond donors (Lipinski definition) is 1. The Kier molecular flexibility index (Phi) is 5.34. The van der Waals surface area contributed by atoms with Crippen molar-refractivity contribution in [1.29, 1.82) is 0 Å². The molecule has 0 fully saturated rings. The number of likely N-dealkylation sites (N-methyl/N-ethyl adjacent to an activating group) is 1. The number of nitrogens with two attached hydrogens (primary N) is 1. The molecule has 0 aromatic heterocycles. The Morgan fingerprint density at radius 2 is 1.77 bits per heavy atom. The van der Waals surface area contributed by atoms with Crippen LogP contribution < -0.4 is 10.6 Å². The predicted molar refractivity (Wildman–Crippen MR) is 92.1 cm³/mol. The lowest BCUT2D eigenvalue weighted by Gasteiger charge is -2.22. The number of anilines is 1. The monoisotopic (exact) mass is 296 g/mol. The van der Waals surface area contributed by atoms with E-state index in [1.165, 1.54) is 5.56 Å². The molecule has 0 heterocycles. The molecule has 2 rings (SSSR count). The summed E-state index contributed by atoms with van der Waals surface area (Å²) in [4.78, 5) is 14.2. The Morgan fingerprint density at radius 3 is 2.41 bits per heavy atom. The quantitative estimate of drug-likeness (QED) is 0.919. The fourth-order valence-corrected chi connectivity index (χ4v) is 2.42. The van der Waals surface area contributed by atoms with Gasteiger partial charge in [0.2, 0.25) is 5.91 Å². The second-order valence-corrected chi connectivity index (χ2v) is 5.94. The van der Waals surface area contributed by atoms with E-state index in [0.29, 0.717) is 12.3 Å². The van der Waals surface area contributed by atoms with Gasteiger partial charge in [0.25, 0.3) is 0 Å². The van der Waals surface area contributed by atoms with Crippen LogP contribution in [-0.4, -0.2) is 19.0 Å². The molecule has 2 aromatic carbocycles. The first-order chi connectivity index (χ1) is 10.5. The van der Waals surface area contributed by atoms with Gasteiger partial charge in [0.1, 0.15) is 0 Å². The minimum Gasteiger partial charge on any atom is -0.320 e. The summed E-state index contributed by atoms with van der Waals surface area (Å²) >= 11 is 0. The summed E-state index contributed by atoms with van der Waals surface area (Å²) in [5, 5.41) is 0. The van der Waals surface area contributed by atoms with Gasteiger partial charge in [0.05, 0.1) is 6.04 Å². The van der Waals surface area contributed by atoms with Crippen LogP contribution in [0.3, 0.4) is 0 Å². The molecule has 22 heavy (non-hydrogen) atoms. The van der Waals surface area contributed by atoms with Crippen LogP contribution in [0.15, 0.2) is 54.6 Å². The van der Waals surface area contributed by atoms with Gasteiger partial charge in [-0.25, -0.2) is 0 Å². The maximum Gasteiger partial charge on any atom is 0.243 e. The second kappa shape index (κ2) is 7.23.